The minimum atomic E-state index is -0.203. The summed E-state index contributed by atoms with van der Waals surface area (Å²) in [6, 6.07) is 15.5. The van der Waals surface area contributed by atoms with E-state index >= 15 is 0 Å². The third-order valence-corrected chi connectivity index (χ3v) is 5.62. The van der Waals surface area contributed by atoms with Crippen molar-refractivity contribution >= 4 is 29.3 Å². The van der Waals surface area contributed by atoms with E-state index in [2.05, 4.69) is 20.7 Å². The van der Waals surface area contributed by atoms with Crippen LogP contribution in [0.1, 0.15) is 32.9 Å². The van der Waals surface area contributed by atoms with Crippen molar-refractivity contribution in [3.05, 3.63) is 76.6 Å². The van der Waals surface area contributed by atoms with Gasteiger partial charge in [0.05, 0.1) is 12.2 Å². The van der Waals surface area contributed by atoms with Crippen LogP contribution in [0.15, 0.2) is 58.4 Å². The van der Waals surface area contributed by atoms with Crippen LogP contribution >= 0.6 is 11.8 Å². The predicted octanol–water partition coefficient (Wildman–Crippen LogP) is 4.47. The number of aromatic nitrogens is 2. The Hall–Kier alpha value is -3.06. The van der Waals surface area contributed by atoms with E-state index in [1.807, 2.05) is 81.2 Å². The van der Waals surface area contributed by atoms with Crippen LogP contribution < -0.4 is 10.6 Å². The molecule has 156 valence electrons. The molecule has 1 heterocycles. The molecule has 7 heteroatoms. The number of amides is 1. The van der Waals surface area contributed by atoms with Crippen molar-refractivity contribution in [1.29, 1.82) is 0 Å². The summed E-state index contributed by atoms with van der Waals surface area (Å²) in [6.45, 7) is 6.37. The average Bonchev–Trinajstić information content (AvgIpc) is 2.97. The van der Waals surface area contributed by atoms with Gasteiger partial charge in [0.25, 0.3) is 5.91 Å². The van der Waals surface area contributed by atoms with Crippen LogP contribution in [0.4, 0.5) is 5.69 Å². The van der Waals surface area contributed by atoms with Crippen LogP contribution in [0.2, 0.25) is 0 Å². The Morgan fingerprint density at radius 3 is 2.57 bits per heavy atom. The fraction of sp³-hybridized carbons (Fsp3) is 0.261. The van der Waals surface area contributed by atoms with E-state index < -0.39 is 0 Å². The van der Waals surface area contributed by atoms with E-state index in [1.165, 1.54) is 0 Å². The number of anilines is 1. The Morgan fingerprint density at radius 1 is 1.13 bits per heavy atom. The van der Waals surface area contributed by atoms with Crippen molar-refractivity contribution in [2.24, 2.45) is 12.0 Å². The van der Waals surface area contributed by atoms with Crippen LogP contribution in [0.3, 0.4) is 0 Å². The van der Waals surface area contributed by atoms with Crippen LogP contribution in [0.5, 0.6) is 0 Å². The number of aryl methyl sites for hydroxylation is 3. The second-order valence-corrected chi connectivity index (χ2v) is 8.00. The van der Waals surface area contributed by atoms with E-state index in [4.69, 9.17) is 0 Å². The van der Waals surface area contributed by atoms with Crippen molar-refractivity contribution < 1.29 is 4.79 Å². The first-order valence-corrected chi connectivity index (χ1v) is 10.9. The Bertz CT molecular complexity index is 1090. The van der Waals surface area contributed by atoms with E-state index in [0.717, 1.165) is 33.1 Å². The van der Waals surface area contributed by atoms with E-state index in [1.54, 1.807) is 17.8 Å². The molecular weight excluding hydrogens is 394 g/mol. The van der Waals surface area contributed by atoms with E-state index in [9.17, 15) is 4.79 Å². The molecule has 3 aromatic rings. The molecule has 3 rings (SSSR count). The lowest BCUT2D eigenvalue weighted by atomic mass is 10.1. The summed E-state index contributed by atoms with van der Waals surface area (Å²) in [5.41, 5.74) is 5.54. The van der Waals surface area contributed by atoms with Crippen LogP contribution in [0, 0.1) is 20.8 Å². The molecule has 0 spiro atoms. The monoisotopic (exact) mass is 421 g/mol. The van der Waals surface area contributed by atoms with Gasteiger partial charge in [-0.25, -0.2) is 4.99 Å². The molecule has 0 radical (unpaired) electrons. The zero-order chi connectivity index (χ0) is 21.7. The highest BCUT2D eigenvalue weighted by Gasteiger charge is 2.12. The summed E-state index contributed by atoms with van der Waals surface area (Å²) < 4.78 is 1.85. The molecular formula is C23H27N5OS. The first-order chi connectivity index (χ1) is 14.4. The summed E-state index contributed by atoms with van der Waals surface area (Å²) in [6.07, 6.45) is 2.03. The SMILES string of the molecule is CSc1cccc(NC(=NCc2c(C)nn(C)c2C)NC(=O)c2cccc(C)c2)c1. The molecule has 0 aliphatic carbocycles. The highest BCUT2D eigenvalue weighted by Crippen LogP contribution is 2.19. The number of aliphatic imine (C=N–C) groups is 1. The van der Waals surface area contributed by atoms with Gasteiger partial charge in [-0.2, -0.15) is 5.10 Å². The molecule has 30 heavy (non-hydrogen) atoms. The van der Waals surface area contributed by atoms with E-state index in [0.29, 0.717) is 18.1 Å². The maximum absolute atomic E-state index is 12.8. The zero-order valence-corrected chi connectivity index (χ0v) is 18.8. The quantitative estimate of drug-likeness (QED) is 0.362. The summed E-state index contributed by atoms with van der Waals surface area (Å²) in [5, 5.41) is 10.6. The summed E-state index contributed by atoms with van der Waals surface area (Å²) >= 11 is 1.66. The van der Waals surface area contributed by atoms with Crippen LogP contribution in [0.25, 0.3) is 0 Å². The number of thioether (sulfide) groups is 1. The summed E-state index contributed by atoms with van der Waals surface area (Å²) in [4.78, 5) is 18.6. The molecule has 0 fully saturated rings. The van der Waals surface area contributed by atoms with Crippen molar-refractivity contribution in [3.8, 4) is 0 Å². The number of carbonyl (C=O) groups excluding carboxylic acids is 1. The van der Waals surface area contributed by atoms with Gasteiger partial charge in [0, 0.05) is 34.5 Å². The Kier molecular flexibility index (Phi) is 6.95. The van der Waals surface area contributed by atoms with Gasteiger partial charge in [-0.15, -0.1) is 11.8 Å². The molecule has 0 saturated heterocycles. The zero-order valence-electron chi connectivity index (χ0n) is 18.0. The smallest absolute Gasteiger partial charge is 0.257 e. The van der Waals surface area contributed by atoms with Crippen molar-refractivity contribution in [3.63, 3.8) is 0 Å². The number of nitrogens with zero attached hydrogens (tertiary/aromatic N) is 3. The Morgan fingerprint density at radius 2 is 1.90 bits per heavy atom. The predicted molar refractivity (Wildman–Crippen MR) is 124 cm³/mol. The number of hydrogen-bond acceptors (Lipinski definition) is 4. The molecule has 0 atom stereocenters. The highest BCUT2D eigenvalue weighted by molar-refractivity contribution is 7.98. The van der Waals surface area contributed by atoms with Crippen molar-refractivity contribution in [2.75, 3.05) is 11.6 Å². The fourth-order valence-corrected chi connectivity index (χ4v) is 3.58. The minimum Gasteiger partial charge on any atom is -0.326 e. The lowest BCUT2D eigenvalue weighted by Crippen LogP contribution is -2.36. The molecule has 0 aliphatic rings. The first-order valence-electron chi connectivity index (χ1n) is 9.70. The van der Waals surface area contributed by atoms with Gasteiger partial charge in [-0.05, 0) is 57.4 Å². The first kappa shape index (κ1) is 21.6. The number of carbonyl (C=O) groups is 1. The average molecular weight is 422 g/mol. The lowest BCUT2D eigenvalue weighted by molar-refractivity contribution is 0.0977. The topological polar surface area (TPSA) is 71.3 Å². The molecule has 0 bridgehead atoms. The lowest BCUT2D eigenvalue weighted by Gasteiger charge is -2.13. The summed E-state index contributed by atoms with van der Waals surface area (Å²) in [7, 11) is 1.92. The van der Waals surface area contributed by atoms with Crippen molar-refractivity contribution in [2.45, 2.75) is 32.2 Å². The molecule has 0 saturated carbocycles. The Balaban J connectivity index is 1.87. The molecule has 1 amide bonds. The normalized spacial score (nSPS) is 11.4. The Labute approximate surface area is 181 Å². The van der Waals surface area contributed by atoms with Crippen molar-refractivity contribution in [1.82, 2.24) is 15.1 Å². The maximum atomic E-state index is 12.8. The second-order valence-electron chi connectivity index (χ2n) is 7.12. The molecule has 2 N–H and O–H groups in total. The largest absolute Gasteiger partial charge is 0.326 e. The number of benzene rings is 2. The fourth-order valence-electron chi connectivity index (χ4n) is 3.12. The second kappa shape index (κ2) is 9.63. The molecule has 6 nitrogen and oxygen atoms in total. The number of guanidine groups is 1. The molecule has 2 aromatic carbocycles. The van der Waals surface area contributed by atoms with Gasteiger partial charge in [-0.1, -0.05) is 23.8 Å². The third-order valence-electron chi connectivity index (χ3n) is 4.90. The number of rotatable bonds is 5. The van der Waals surface area contributed by atoms with E-state index in [-0.39, 0.29) is 5.91 Å². The summed E-state index contributed by atoms with van der Waals surface area (Å²) in [5.74, 6) is 0.202. The molecule has 1 aromatic heterocycles. The van der Waals surface area contributed by atoms with Gasteiger partial charge >= 0.3 is 0 Å². The third kappa shape index (κ3) is 5.30. The standard InChI is InChI=1S/C23H27N5OS/c1-15-8-6-9-18(12-15)22(29)26-23(25-19-10-7-11-20(13-19)30-5)24-14-21-16(2)27-28(4)17(21)3/h6-13H,14H2,1-5H3,(H2,24,25,26,29). The number of nitrogens with one attached hydrogen (secondary N) is 2. The minimum absolute atomic E-state index is 0.203. The number of hydrogen-bond donors (Lipinski definition) is 2. The van der Waals surface area contributed by atoms with Gasteiger partial charge in [0.2, 0.25) is 5.96 Å². The van der Waals surface area contributed by atoms with Gasteiger partial charge < -0.3 is 5.32 Å². The molecule has 0 aliphatic heterocycles. The van der Waals surface area contributed by atoms with Crippen LogP contribution in [-0.2, 0) is 13.6 Å². The maximum Gasteiger partial charge on any atom is 0.257 e. The highest BCUT2D eigenvalue weighted by atomic mass is 32.2. The van der Waals surface area contributed by atoms with Gasteiger partial charge in [0.1, 0.15) is 0 Å². The van der Waals surface area contributed by atoms with Gasteiger partial charge in [-0.3, -0.25) is 14.8 Å². The van der Waals surface area contributed by atoms with Gasteiger partial charge in [0.15, 0.2) is 0 Å². The van der Waals surface area contributed by atoms with Crippen LogP contribution in [-0.4, -0.2) is 27.9 Å². The molecule has 0 unspecified atom stereocenters.